The van der Waals surface area contributed by atoms with Gasteiger partial charge in [-0.3, -0.25) is 9.80 Å². The summed E-state index contributed by atoms with van der Waals surface area (Å²) >= 11 is 0. The van der Waals surface area contributed by atoms with E-state index in [2.05, 4.69) is 32.9 Å². The lowest BCUT2D eigenvalue weighted by Crippen LogP contribution is -2.46. The lowest BCUT2D eigenvalue weighted by molar-refractivity contribution is 0.0841. The Balaban J connectivity index is 1.35. The Kier molecular flexibility index (Phi) is 6.30. The van der Waals surface area contributed by atoms with Gasteiger partial charge in [0.2, 0.25) is 11.7 Å². The predicted octanol–water partition coefficient (Wildman–Crippen LogP) is 3.63. The number of hydrogen-bond donors (Lipinski definition) is 0. The van der Waals surface area contributed by atoms with E-state index in [1.165, 1.54) is 5.56 Å². The normalized spacial score (nSPS) is 16.4. The van der Waals surface area contributed by atoms with E-state index >= 15 is 0 Å². The highest BCUT2D eigenvalue weighted by Gasteiger charge is 2.26. The fourth-order valence-electron chi connectivity index (χ4n) is 3.80. The molecule has 0 radical (unpaired) electrons. The number of nitrogens with zero attached hydrogens (tertiary/aromatic N) is 4. The molecule has 0 N–H and O–H groups in total. The molecule has 0 spiro atoms. The van der Waals surface area contributed by atoms with Gasteiger partial charge in [-0.25, -0.2) is 0 Å². The SMILES string of the molecule is COc1ccc(CN2CCN(C(C)c3nc(-c4ccccc4)no3)CC2)c(OC)c1. The molecule has 2 heterocycles. The standard InChI is InChI=1S/C23H28N4O3/c1-17(23-24-22(25-30-23)18-7-5-4-6-8-18)27-13-11-26(12-14-27)16-19-9-10-20(28-2)15-21(19)29-3/h4-10,15,17H,11-14,16H2,1-3H3. The van der Waals surface area contributed by atoms with Crippen molar-refractivity contribution in [2.45, 2.75) is 19.5 Å². The fraction of sp³-hybridized carbons (Fsp3) is 0.391. The monoisotopic (exact) mass is 408 g/mol. The van der Waals surface area contributed by atoms with E-state index in [9.17, 15) is 0 Å². The Bertz CT molecular complexity index is 952. The van der Waals surface area contributed by atoms with Gasteiger partial charge < -0.3 is 14.0 Å². The number of aromatic nitrogens is 2. The van der Waals surface area contributed by atoms with E-state index in [0.29, 0.717) is 11.7 Å². The number of methoxy groups -OCH3 is 2. The summed E-state index contributed by atoms with van der Waals surface area (Å²) in [5, 5.41) is 4.16. The number of benzene rings is 2. The van der Waals surface area contributed by atoms with Crippen molar-refractivity contribution in [2.24, 2.45) is 0 Å². The molecule has 1 aromatic heterocycles. The molecule has 0 aliphatic carbocycles. The molecule has 1 aliphatic rings. The van der Waals surface area contributed by atoms with Crippen molar-refractivity contribution in [2.75, 3.05) is 40.4 Å². The number of ether oxygens (including phenoxy) is 2. The molecular formula is C23H28N4O3. The van der Waals surface area contributed by atoms with E-state index in [4.69, 9.17) is 14.0 Å². The van der Waals surface area contributed by atoms with Crippen LogP contribution in [0, 0.1) is 0 Å². The topological polar surface area (TPSA) is 63.9 Å². The van der Waals surface area contributed by atoms with Crippen LogP contribution in [-0.4, -0.2) is 60.3 Å². The van der Waals surface area contributed by atoms with Crippen LogP contribution in [0.1, 0.15) is 24.4 Å². The van der Waals surface area contributed by atoms with Gasteiger partial charge >= 0.3 is 0 Å². The summed E-state index contributed by atoms with van der Waals surface area (Å²) < 4.78 is 16.4. The summed E-state index contributed by atoms with van der Waals surface area (Å²) in [6.07, 6.45) is 0. The minimum absolute atomic E-state index is 0.0904. The second kappa shape index (κ2) is 9.28. The molecule has 30 heavy (non-hydrogen) atoms. The van der Waals surface area contributed by atoms with E-state index < -0.39 is 0 Å². The molecular weight excluding hydrogens is 380 g/mol. The predicted molar refractivity (Wildman–Crippen MR) is 115 cm³/mol. The zero-order valence-corrected chi connectivity index (χ0v) is 17.7. The van der Waals surface area contributed by atoms with Crippen LogP contribution in [0.4, 0.5) is 0 Å². The third-order valence-electron chi connectivity index (χ3n) is 5.67. The second-order valence-electron chi connectivity index (χ2n) is 7.49. The minimum Gasteiger partial charge on any atom is -0.497 e. The van der Waals surface area contributed by atoms with Crippen molar-refractivity contribution in [1.82, 2.24) is 19.9 Å². The Labute approximate surface area is 177 Å². The van der Waals surface area contributed by atoms with Crippen LogP contribution in [-0.2, 0) is 6.54 Å². The van der Waals surface area contributed by atoms with Gasteiger partial charge in [0.05, 0.1) is 20.3 Å². The van der Waals surface area contributed by atoms with E-state index in [1.807, 2.05) is 42.5 Å². The third-order valence-corrected chi connectivity index (χ3v) is 5.67. The molecule has 0 amide bonds. The average molecular weight is 409 g/mol. The maximum absolute atomic E-state index is 5.56. The quantitative estimate of drug-likeness (QED) is 0.591. The summed E-state index contributed by atoms with van der Waals surface area (Å²) in [6, 6.07) is 16.0. The van der Waals surface area contributed by atoms with E-state index in [-0.39, 0.29) is 6.04 Å². The smallest absolute Gasteiger partial charge is 0.244 e. The highest BCUT2D eigenvalue weighted by Crippen LogP contribution is 2.27. The molecule has 1 saturated heterocycles. The van der Waals surface area contributed by atoms with Gasteiger partial charge in [0, 0.05) is 49.9 Å². The molecule has 1 aliphatic heterocycles. The Hall–Kier alpha value is -2.90. The van der Waals surface area contributed by atoms with Gasteiger partial charge in [-0.1, -0.05) is 41.6 Å². The van der Waals surface area contributed by atoms with Crippen molar-refractivity contribution in [3.8, 4) is 22.9 Å². The van der Waals surface area contributed by atoms with Gasteiger partial charge in [0.1, 0.15) is 11.5 Å². The molecule has 4 rings (SSSR count). The van der Waals surface area contributed by atoms with Gasteiger partial charge in [0.25, 0.3) is 0 Å². The van der Waals surface area contributed by atoms with Crippen LogP contribution in [0.15, 0.2) is 53.1 Å². The zero-order valence-electron chi connectivity index (χ0n) is 17.7. The van der Waals surface area contributed by atoms with Gasteiger partial charge in [-0.2, -0.15) is 4.98 Å². The lowest BCUT2D eigenvalue weighted by atomic mass is 10.1. The average Bonchev–Trinajstić information content (AvgIpc) is 3.30. The minimum atomic E-state index is 0.0904. The fourth-order valence-corrected chi connectivity index (χ4v) is 3.80. The van der Waals surface area contributed by atoms with Gasteiger partial charge in [-0.15, -0.1) is 0 Å². The highest BCUT2D eigenvalue weighted by atomic mass is 16.5. The first-order valence-corrected chi connectivity index (χ1v) is 10.2. The molecule has 158 valence electrons. The van der Waals surface area contributed by atoms with E-state index in [0.717, 1.165) is 49.8 Å². The van der Waals surface area contributed by atoms with Gasteiger partial charge in [-0.05, 0) is 13.0 Å². The van der Waals surface area contributed by atoms with Crippen LogP contribution in [0.2, 0.25) is 0 Å². The molecule has 3 aromatic rings. The van der Waals surface area contributed by atoms with Crippen LogP contribution in [0.3, 0.4) is 0 Å². The molecule has 1 fully saturated rings. The zero-order chi connectivity index (χ0) is 20.9. The second-order valence-corrected chi connectivity index (χ2v) is 7.49. The molecule has 7 nitrogen and oxygen atoms in total. The summed E-state index contributed by atoms with van der Waals surface area (Å²) in [5.41, 5.74) is 2.14. The summed E-state index contributed by atoms with van der Waals surface area (Å²) in [6.45, 7) is 6.82. The number of piperazine rings is 1. The number of hydrogen-bond acceptors (Lipinski definition) is 7. The van der Waals surface area contributed by atoms with Crippen molar-refractivity contribution in [3.63, 3.8) is 0 Å². The Morgan fingerprint density at radius 2 is 1.77 bits per heavy atom. The Morgan fingerprint density at radius 1 is 1.00 bits per heavy atom. The molecule has 0 bridgehead atoms. The molecule has 7 heteroatoms. The van der Waals surface area contributed by atoms with Crippen LogP contribution < -0.4 is 9.47 Å². The maximum Gasteiger partial charge on any atom is 0.244 e. The molecule has 1 atom stereocenters. The van der Waals surface area contributed by atoms with Crippen molar-refractivity contribution < 1.29 is 14.0 Å². The first kappa shape index (κ1) is 20.4. The van der Waals surface area contributed by atoms with Crippen molar-refractivity contribution >= 4 is 0 Å². The largest absolute Gasteiger partial charge is 0.497 e. The Morgan fingerprint density at radius 3 is 2.47 bits per heavy atom. The first-order chi connectivity index (χ1) is 14.7. The highest BCUT2D eigenvalue weighted by molar-refractivity contribution is 5.53. The maximum atomic E-state index is 5.56. The molecule has 1 unspecified atom stereocenters. The molecule has 2 aromatic carbocycles. The summed E-state index contributed by atoms with van der Waals surface area (Å²) in [7, 11) is 3.37. The summed E-state index contributed by atoms with van der Waals surface area (Å²) in [5.74, 6) is 2.98. The van der Waals surface area contributed by atoms with Crippen molar-refractivity contribution in [3.05, 3.63) is 60.0 Å². The molecule has 0 saturated carbocycles. The number of rotatable bonds is 7. The van der Waals surface area contributed by atoms with Gasteiger partial charge in [0.15, 0.2) is 0 Å². The third kappa shape index (κ3) is 4.47. The first-order valence-electron chi connectivity index (χ1n) is 10.2. The lowest BCUT2D eigenvalue weighted by Gasteiger charge is -2.37. The van der Waals surface area contributed by atoms with Crippen LogP contribution in [0.25, 0.3) is 11.4 Å². The van der Waals surface area contributed by atoms with Crippen LogP contribution >= 0.6 is 0 Å². The van der Waals surface area contributed by atoms with Crippen molar-refractivity contribution in [1.29, 1.82) is 0 Å². The summed E-state index contributed by atoms with van der Waals surface area (Å²) in [4.78, 5) is 9.45. The van der Waals surface area contributed by atoms with Crippen LogP contribution in [0.5, 0.6) is 11.5 Å². The van der Waals surface area contributed by atoms with E-state index in [1.54, 1.807) is 14.2 Å².